The Morgan fingerprint density at radius 2 is 1.76 bits per heavy atom. The molecule has 0 radical (unpaired) electrons. The molecule has 8 heteroatoms. The van der Waals surface area contributed by atoms with Crippen molar-refractivity contribution in [3.63, 3.8) is 0 Å². The van der Waals surface area contributed by atoms with Crippen LogP contribution in [0, 0.1) is 18.6 Å². The summed E-state index contributed by atoms with van der Waals surface area (Å²) >= 11 is 0. The van der Waals surface area contributed by atoms with E-state index in [0.717, 1.165) is 17.0 Å². The summed E-state index contributed by atoms with van der Waals surface area (Å²) < 4.78 is 54.4. The van der Waals surface area contributed by atoms with Gasteiger partial charge in [-0.05, 0) is 42.3 Å². The lowest BCUT2D eigenvalue weighted by Crippen LogP contribution is -2.48. The topological polar surface area (TPSA) is 53.5 Å². The summed E-state index contributed by atoms with van der Waals surface area (Å²) in [6.45, 7) is 4.04. The Kier molecular flexibility index (Phi) is 5.33. The van der Waals surface area contributed by atoms with Gasteiger partial charge in [0.15, 0.2) is 11.6 Å². The number of sulfonamides is 1. The van der Waals surface area contributed by atoms with E-state index in [1.54, 1.807) is 24.4 Å². The molecule has 0 amide bonds. The summed E-state index contributed by atoms with van der Waals surface area (Å²) in [7, 11) is -3.68. The number of halogens is 2. The summed E-state index contributed by atoms with van der Waals surface area (Å²) in [5, 5.41) is 0.794. The molecule has 152 valence electrons. The van der Waals surface area contributed by atoms with Crippen LogP contribution < -0.4 is 0 Å². The summed E-state index contributed by atoms with van der Waals surface area (Å²) in [5.74, 6) is -1.74. The van der Waals surface area contributed by atoms with Crippen molar-refractivity contribution in [3.8, 4) is 0 Å². The second-order valence-corrected chi connectivity index (χ2v) is 9.18. The monoisotopic (exact) mass is 417 g/mol. The molecule has 0 aliphatic carbocycles. The van der Waals surface area contributed by atoms with Crippen molar-refractivity contribution in [2.45, 2.75) is 18.4 Å². The predicted molar refractivity (Wildman–Crippen MR) is 107 cm³/mol. The first kappa shape index (κ1) is 19.9. The van der Waals surface area contributed by atoms with Crippen LogP contribution in [0.2, 0.25) is 0 Å². The first-order valence-electron chi connectivity index (χ1n) is 9.36. The molecule has 2 heterocycles. The lowest BCUT2D eigenvalue weighted by Gasteiger charge is -2.34. The van der Waals surface area contributed by atoms with Crippen LogP contribution in [0.1, 0.15) is 11.1 Å². The van der Waals surface area contributed by atoms with Crippen molar-refractivity contribution < 1.29 is 17.2 Å². The van der Waals surface area contributed by atoms with Gasteiger partial charge in [0.2, 0.25) is 10.0 Å². The van der Waals surface area contributed by atoms with Crippen molar-refractivity contribution in [2.24, 2.45) is 0 Å². The highest BCUT2D eigenvalue weighted by Crippen LogP contribution is 2.26. The highest BCUT2D eigenvalue weighted by molar-refractivity contribution is 7.89. The van der Waals surface area contributed by atoms with E-state index in [2.05, 4.69) is 4.98 Å². The number of aryl methyl sites for hydroxylation is 1. The molecule has 1 saturated heterocycles. The zero-order chi connectivity index (χ0) is 20.6. The Morgan fingerprint density at radius 3 is 2.48 bits per heavy atom. The standard InChI is InChI=1S/C21H21F2N3O2S/c1-15-11-17-3-2-4-20(21(17)24-13-15)29(27,28)26-9-7-25(8-10-26)14-16-5-6-18(22)19(23)12-16/h2-6,11-13H,7-10,14H2,1H3. The van der Waals surface area contributed by atoms with Crippen LogP contribution in [0.25, 0.3) is 10.9 Å². The number of hydrogen-bond acceptors (Lipinski definition) is 4. The van der Waals surface area contributed by atoms with Crippen LogP contribution in [-0.2, 0) is 16.6 Å². The van der Waals surface area contributed by atoms with Gasteiger partial charge >= 0.3 is 0 Å². The van der Waals surface area contributed by atoms with Gasteiger partial charge in [-0.15, -0.1) is 0 Å². The summed E-state index contributed by atoms with van der Waals surface area (Å²) in [4.78, 5) is 6.59. The molecule has 0 saturated carbocycles. The van der Waals surface area contributed by atoms with Crippen LogP contribution in [0.3, 0.4) is 0 Å². The molecule has 2 aromatic carbocycles. The van der Waals surface area contributed by atoms with E-state index in [9.17, 15) is 17.2 Å². The number of pyridine rings is 1. The smallest absolute Gasteiger partial charge is 0.245 e. The number of fused-ring (bicyclic) bond motifs is 1. The van der Waals surface area contributed by atoms with Gasteiger partial charge in [-0.3, -0.25) is 9.88 Å². The van der Waals surface area contributed by atoms with E-state index in [-0.39, 0.29) is 4.90 Å². The zero-order valence-electron chi connectivity index (χ0n) is 16.0. The molecule has 1 fully saturated rings. The van der Waals surface area contributed by atoms with Crippen molar-refractivity contribution in [1.82, 2.24) is 14.2 Å². The minimum absolute atomic E-state index is 0.212. The minimum atomic E-state index is -3.68. The van der Waals surface area contributed by atoms with E-state index in [4.69, 9.17) is 0 Å². The molecule has 0 atom stereocenters. The zero-order valence-corrected chi connectivity index (χ0v) is 16.8. The van der Waals surface area contributed by atoms with Crippen LogP contribution >= 0.6 is 0 Å². The average molecular weight is 417 g/mol. The van der Waals surface area contributed by atoms with Crippen LogP contribution in [0.15, 0.2) is 53.6 Å². The number of rotatable bonds is 4. The molecule has 1 aliphatic heterocycles. The maximum Gasteiger partial charge on any atom is 0.245 e. The molecular weight excluding hydrogens is 396 g/mol. The third kappa shape index (κ3) is 4.01. The van der Waals surface area contributed by atoms with E-state index in [1.165, 1.54) is 10.4 Å². The number of nitrogens with zero attached hydrogens (tertiary/aromatic N) is 3. The second kappa shape index (κ2) is 7.78. The van der Waals surface area contributed by atoms with Crippen molar-refractivity contribution in [3.05, 3.63) is 71.4 Å². The Labute approximate surface area is 168 Å². The number of hydrogen-bond donors (Lipinski definition) is 0. The Morgan fingerprint density at radius 1 is 1.00 bits per heavy atom. The normalized spacial score (nSPS) is 16.4. The van der Waals surface area contributed by atoms with Crippen LogP contribution in [-0.4, -0.2) is 48.8 Å². The Bertz CT molecular complexity index is 1160. The molecule has 0 N–H and O–H groups in total. The number of para-hydroxylation sites is 1. The lowest BCUT2D eigenvalue weighted by atomic mass is 10.2. The Balaban J connectivity index is 1.50. The molecular formula is C21H21F2N3O2S. The van der Waals surface area contributed by atoms with Gasteiger partial charge in [0.05, 0.1) is 5.52 Å². The fraction of sp³-hybridized carbons (Fsp3) is 0.286. The fourth-order valence-electron chi connectivity index (χ4n) is 3.61. The molecule has 29 heavy (non-hydrogen) atoms. The molecule has 0 spiro atoms. The molecule has 4 rings (SSSR count). The maximum atomic E-state index is 13.4. The van der Waals surface area contributed by atoms with Gasteiger partial charge < -0.3 is 0 Å². The lowest BCUT2D eigenvalue weighted by molar-refractivity contribution is 0.181. The minimum Gasteiger partial charge on any atom is -0.296 e. The van der Waals surface area contributed by atoms with Crippen molar-refractivity contribution in [1.29, 1.82) is 0 Å². The first-order valence-corrected chi connectivity index (χ1v) is 10.8. The maximum absolute atomic E-state index is 13.4. The second-order valence-electron chi connectivity index (χ2n) is 7.27. The van der Waals surface area contributed by atoms with E-state index in [0.29, 0.717) is 43.8 Å². The van der Waals surface area contributed by atoms with Gasteiger partial charge in [0, 0.05) is 44.3 Å². The fourth-order valence-corrected chi connectivity index (χ4v) is 5.20. The predicted octanol–water partition coefficient (Wildman–Crippen LogP) is 3.33. The molecule has 1 aromatic heterocycles. The number of benzene rings is 2. The largest absolute Gasteiger partial charge is 0.296 e. The molecule has 0 bridgehead atoms. The number of piperazine rings is 1. The van der Waals surface area contributed by atoms with Gasteiger partial charge in [-0.2, -0.15) is 4.31 Å². The highest BCUT2D eigenvalue weighted by atomic mass is 32.2. The third-order valence-electron chi connectivity index (χ3n) is 5.15. The molecule has 5 nitrogen and oxygen atoms in total. The van der Waals surface area contributed by atoms with Crippen LogP contribution in [0.5, 0.6) is 0 Å². The third-order valence-corrected chi connectivity index (χ3v) is 7.08. The summed E-state index contributed by atoms with van der Waals surface area (Å²) in [5.41, 5.74) is 2.11. The molecule has 3 aromatic rings. The number of aromatic nitrogens is 1. The van der Waals surface area contributed by atoms with Gasteiger partial charge in [-0.1, -0.05) is 18.2 Å². The quantitative estimate of drug-likeness (QED) is 0.654. The van der Waals surface area contributed by atoms with E-state index in [1.807, 2.05) is 24.0 Å². The van der Waals surface area contributed by atoms with Crippen molar-refractivity contribution in [2.75, 3.05) is 26.2 Å². The highest BCUT2D eigenvalue weighted by Gasteiger charge is 2.30. The average Bonchev–Trinajstić information content (AvgIpc) is 2.70. The molecule has 1 aliphatic rings. The Hall–Kier alpha value is -2.42. The van der Waals surface area contributed by atoms with Gasteiger partial charge in [0.25, 0.3) is 0 Å². The van der Waals surface area contributed by atoms with Crippen molar-refractivity contribution >= 4 is 20.9 Å². The molecule has 0 unspecified atom stereocenters. The summed E-state index contributed by atoms with van der Waals surface area (Å²) in [6.07, 6.45) is 1.67. The van der Waals surface area contributed by atoms with Gasteiger partial charge in [-0.25, -0.2) is 17.2 Å². The SMILES string of the molecule is Cc1cnc2c(S(=O)(=O)N3CCN(Cc4ccc(F)c(F)c4)CC3)cccc2c1. The van der Waals surface area contributed by atoms with Crippen LogP contribution in [0.4, 0.5) is 8.78 Å². The first-order chi connectivity index (χ1) is 13.8. The summed E-state index contributed by atoms with van der Waals surface area (Å²) in [6, 6.07) is 10.9. The van der Waals surface area contributed by atoms with E-state index >= 15 is 0 Å². The van der Waals surface area contributed by atoms with E-state index < -0.39 is 21.7 Å². The van der Waals surface area contributed by atoms with Gasteiger partial charge in [0.1, 0.15) is 4.90 Å².